The fourth-order valence-electron chi connectivity index (χ4n) is 4.32. The highest BCUT2D eigenvalue weighted by atomic mass is 16.1. The lowest BCUT2D eigenvalue weighted by molar-refractivity contribution is -0.123. The number of Topliss-reactive ketones (excluding diaryl/α,β-unsaturated/α-hetero) is 2. The summed E-state index contributed by atoms with van der Waals surface area (Å²) in [5.74, 6) is 1.37. The molecular formula is C22H30O2. The summed E-state index contributed by atoms with van der Waals surface area (Å²) in [6.07, 6.45) is 12.8. The van der Waals surface area contributed by atoms with Crippen molar-refractivity contribution in [1.82, 2.24) is 0 Å². The summed E-state index contributed by atoms with van der Waals surface area (Å²) in [5.41, 5.74) is 2.19. The van der Waals surface area contributed by atoms with Crippen molar-refractivity contribution < 1.29 is 9.59 Å². The van der Waals surface area contributed by atoms with Crippen molar-refractivity contribution >= 4 is 11.6 Å². The summed E-state index contributed by atoms with van der Waals surface area (Å²) in [6, 6.07) is 8.18. The molecule has 2 heteroatoms. The van der Waals surface area contributed by atoms with Crippen molar-refractivity contribution in [1.29, 1.82) is 0 Å². The maximum Gasteiger partial charge on any atom is 0.140 e. The average molecular weight is 326 g/mol. The van der Waals surface area contributed by atoms with Crippen molar-refractivity contribution in [3.8, 4) is 0 Å². The smallest absolute Gasteiger partial charge is 0.140 e. The molecule has 2 saturated carbocycles. The molecule has 0 unspecified atom stereocenters. The highest BCUT2D eigenvalue weighted by molar-refractivity contribution is 5.84. The van der Waals surface area contributed by atoms with Crippen molar-refractivity contribution in [3.63, 3.8) is 0 Å². The predicted octanol–water partition coefficient (Wildman–Crippen LogP) is 5.07. The number of carbonyl (C=O) groups is 2. The molecule has 1 aromatic carbocycles. The Morgan fingerprint density at radius 3 is 1.29 bits per heavy atom. The molecule has 24 heavy (non-hydrogen) atoms. The van der Waals surface area contributed by atoms with Gasteiger partial charge in [0, 0.05) is 24.7 Å². The first-order valence-electron chi connectivity index (χ1n) is 9.85. The summed E-state index contributed by atoms with van der Waals surface area (Å²) in [6.45, 7) is 0. The van der Waals surface area contributed by atoms with Crippen molar-refractivity contribution in [2.24, 2.45) is 11.8 Å². The second-order valence-electron chi connectivity index (χ2n) is 7.77. The second kappa shape index (κ2) is 8.60. The van der Waals surface area contributed by atoms with Gasteiger partial charge in [-0.3, -0.25) is 9.59 Å². The van der Waals surface area contributed by atoms with E-state index in [-0.39, 0.29) is 11.8 Å². The Morgan fingerprint density at radius 1 is 0.625 bits per heavy atom. The van der Waals surface area contributed by atoms with Gasteiger partial charge in [0.05, 0.1) is 0 Å². The van der Waals surface area contributed by atoms with Crippen LogP contribution in [0.25, 0.3) is 0 Å². The molecule has 0 heterocycles. The van der Waals surface area contributed by atoms with Crippen LogP contribution in [-0.4, -0.2) is 11.6 Å². The quantitative estimate of drug-likeness (QED) is 0.731. The van der Waals surface area contributed by atoms with Gasteiger partial charge in [0.1, 0.15) is 11.6 Å². The summed E-state index contributed by atoms with van der Waals surface area (Å²) in [5, 5.41) is 0. The van der Waals surface area contributed by atoms with E-state index in [4.69, 9.17) is 0 Å². The third-order valence-electron chi connectivity index (χ3n) is 5.90. The molecule has 0 amide bonds. The van der Waals surface area contributed by atoms with Crippen LogP contribution in [0, 0.1) is 11.8 Å². The highest BCUT2D eigenvalue weighted by Gasteiger charge is 2.22. The molecule has 2 aliphatic rings. The highest BCUT2D eigenvalue weighted by Crippen LogP contribution is 2.27. The first-order chi connectivity index (χ1) is 11.7. The number of ketones is 2. The summed E-state index contributed by atoms with van der Waals surface area (Å²) in [4.78, 5) is 24.8. The van der Waals surface area contributed by atoms with Crippen LogP contribution in [0.4, 0.5) is 0 Å². The van der Waals surface area contributed by atoms with E-state index in [2.05, 4.69) is 0 Å². The molecule has 1 aromatic rings. The zero-order chi connectivity index (χ0) is 16.8. The van der Waals surface area contributed by atoms with Crippen LogP contribution in [-0.2, 0) is 22.4 Å². The molecule has 0 radical (unpaired) electrons. The van der Waals surface area contributed by atoms with Crippen LogP contribution in [0.5, 0.6) is 0 Å². The minimum absolute atomic E-state index is 0.284. The normalized spacial score (nSPS) is 20.0. The van der Waals surface area contributed by atoms with Gasteiger partial charge in [-0.15, -0.1) is 0 Å². The number of rotatable bonds is 6. The van der Waals surface area contributed by atoms with Crippen LogP contribution in [0.3, 0.4) is 0 Å². The minimum Gasteiger partial charge on any atom is -0.299 e. The van der Waals surface area contributed by atoms with Gasteiger partial charge in [0.25, 0.3) is 0 Å². The minimum atomic E-state index is 0.284. The molecule has 0 saturated heterocycles. The first kappa shape index (κ1) is 17.4. The molecule has 130 valence electrons. The van der Waals surface area contributed by atoms with Crippen LogP contribution < -0.4 is 0 Å². The molecule has 0 bridgehead atoms. The van der Waals surface area contributed by atoms with Crippen LogP contribution >= 0.6 is 0 Å². The molecule has 0 spiro atoms. The Kier molecular flexibility index (Phi) is 6.23. The summed E-state index contributed by atoms with van der Waals surface area (Å²) < 4.78 is 0. The Labute approximate surface area is 146 Å². The monoisotopic (exact) mass is 326 g/mol. The van der Waals surface area contributed by atoms with Crippen LogP contribution in [0.15, 0.2) is 24.3 Å². The lowest BCUT2D eigenvalue weighted by Crippen LogP contribution is -2.20. The Balaban J connectivity index is 1.51. The first-order valence-corrected chi connectivity index (χ1v) is 9.85. The molecule has 0 aliphatic heterocycles. The van der Waals surface area contributed by atoms with Gasteiger partial charge in [-0.25, -0.2) is 0 Å². The molecule has 0 atom stereocenters. The third-order valence-corrected chi connectivity index (χ3v) is 5.90. The van der Waals surface area contributed by atoms with E-state index in [0.717, 1.165) is 36.8 Å². The van der Waals surface area contributed by atoms with Gasteiger partial charge in [-0.2, -0.15) is 0 Å². The molecule has 2 aliphatic carbocycles. The van der Waals surface area contributed by atoms with Crippen LogP contribution in [0.1, 0.15) is 75.3 Å². The molecule has 0 aromatic heterocycles. The predicted molar refractivity (Wildman–Crippen MR) is 97.0 cm³/mol. The van der Waals surface area contributed by atoms with Gasteiger partial charge in [-0.05, 0) is 36.8 Å². The molecule has 2 fully saturated rings. The number of carbonyl (C=O) groups excluding carboxylic acids is 2. The molecular weight excluding hydrogens is 296 g/mol. The SMILES string of the molecule is O=C(Cc1ccc(CC(=O)C2CCCCC2)cc1)C1CCCCC1. The van der Waals surface area contributed by atoms with E-state index in [0.29, 0.717) is 24.4 Å². The van der Waals surface area contributed by atoms with E-state index in [1.54, 1.807) is 0 Å². The van der Waals surface area contributed by atoms with E-state index in [1.807, 2.05) is 24.3 Å². The summed E-state index contributed by atoms with van der Waals surface area (Å²) in [7, 11) is 0. The van der Waals surface area contributed by atoms with Gasteiger partial charge >= 0.3 is 0 Å². The lowest BCUT2D eigenvalue weighted by Gasteiger charge is -2.20. The molecule has 2 nitrogen and oxygen atoms in total. The van der Waals surface area contributed by atoms with Gasteiger partial charge < -0.3 is 0 Å². The maximum absolute atomic E-state index is 12.4. The van der Waals surface area contributed by atoms with Gasteiger partial charge in [0.15, 0.2) is 0 Å². The standard InChI is InChI=1S/C22H30O2/c23-21(19-7-3-1-4-8-19)15-17-11-13-18(14-12-17)16-22(24)20-9-5-2-6-10-20/h11-14,19-20H,1-10,15-16H2. The number of hydrogen-bond acceptors (Lipinski definition) is 2. The average Bonchev–Trinajstić information content (AvgIpc) is 2.65. The second-order valence-corrected chi connectivity index (χ2v) is 7.77. The lowest BCUT2D eigenvalue weighted by atomic mass is 9.83. The molecule has 3 rings (SSSR count). The van der Waals surface area contributed by atoms with Gasteiger partial charge in [0.2, 0.25) is 0 Å². The van der Waals surface area contributed by atoms with Gasteiger partial charge in [-0.1, -0.05) is 62.8 Å². The zero-order valence-electron chi connectivity index (χ0n) is 14.8. The van der Waals surface area contributed by atoms with E-state index >= 15 is 0 Å². The van der Waals surface area contributed by atoms with Crippen molar-refractivity contribution in [3.05, 3.63) is 35.4 Å². The fourth-order valence-corrected chi connectivity index (χ4v) is 4.32. The molecule has 0 N–H and O–H groups in total. The van der Waals surface area contributed by atoms with Crippen molar-refractivity contribution in [2.45, 2.75) is 77.0 Å². The number of benzene rings is 1. The Morgan fingerprint density at radius 2 is 0.958 bits per heavy atom. The maximum atomic E-state index is 12.4. The van der Waals surface area contributed by atoms with E-state index in [1.165, 1.54) is 38.5 Å². The summed E-state index contributed by atoms with van der Waals surface area (Å²) >= 11 is 0. The topological polar surface area (TPSA) is 34.1 Å². The van der Waals surface area contributed by atoms with Crippen molar-refractivity contribution in [2.75, 3.05) is 0 Å². The zero-order valence-corrected chi connectivity index (χ0v) is 14.8. The van der Waals surface area contributed by atoms with E-state index < -0.39 is 0 Å². The van der Waals surface area contributed by atoms with E-state index in [9.17, 15) is 9.59 Å². The Hall–Kier alpha value is -1.44. The largest absolute Gasteiger partial charge is 0.299 e. The van der Waals surface area contributed by atoms with Crippen LogP contribution in [0.2, 0.25) is 0 Å². The number of hydrogen-bond donors (Lipinski definition) is 0. The Bertz CT molecular complexity index is 495. The third kappa shape index (κ3) is 4.78. The fraction of sp³-hybridized carbons (Fsp3) is 0.636.